The van der Waals surface area contributed by atoms with Crippen molar-refractivity contribution in [3.8, 4) is 28.4 Å². The average molecular weight is 414 g/mol. The number of benzene rings is 2. The molecular formula is C23H31N3O4. The molecule has 0 atom stereocenters. The number of ether oxygens (including phenoxy) is 3. The highest BCUT2D eigenvalue weighted by Crippen LogP contribution is 2.34. The van der Waals surface area contributed by atoms with Crippen molar-refractivity contribution in [2.24, 2.45) is 5.73 Å². The zero-order valence-electron chi connectivity index (χ0n) is 18.0. The summed E-state index contributed by atoms with van der Waals surface area (Å²) in [6.07, 6.45) is 1.13. The van der Waals surface area contributed by atoms with Crippen LogP contribution in [-0.2, 0) is 11.3 Å². The van der Waals surface area contributed by atoms with Gasteiger partial charge in [-0.3, -0.25) is 9.69 Å². The number of amides is 1. The maximum absolute atomic E-state index is 11.2. The van der Waals surface area contributed by atoms with Crippen LogP contribution in [0.3, 0.4) is 0 Å². The van der Waals surface area contributed by atoms with Crippen LogP contribution in [0.15, 0.2) is 36.4 Å². The van der Waals surface area contributed by atoms with E-state index < -0.39 is 5.91 Å². The summed E-state index contributed by atoms with van der Waals surface area (Å²) in [5, 5.41) is 0. The summed E-state index contributed by atoms with van der Waals surface area (Å²) in [6, 6.07) is 11.9. The van der Waals surface area contributed by atoms with Crippen LogP contribution in [0.5, 0.6) is 17.2 Å². The Labute approximate surface area is 178 Å². The Morgan fingerprint density at radius 2 is 1.63 bits per heavy atom. The molecule has 1 heterocycles. The van der Waals surface area contributed by atoms with Gasteiger partial charge in [0.05, 0.1) is 14.2 Å². The number of carbonyl (C=O) groups excluding carboxylic acids is 1. The highest BCUT2D eigenvalue weighted by atomic mass is 16.5. The monoisotopic (exact) mass is 413 g/mol. The summed E-state index contributed by atoms with van der Waals surface area (Å²) in [4.78, 5) is 16.0. The Morgan fingerprint density at radius 3 is 2.33 bits per heavy atom. The van der Waals surface area contributed by atoms with Crippen molar-refractivity contribution >= 4 is 5.91 Å². The first kappa shape index (κ1) is 21.9. The van der Waals surface area contributed by atoms with Crippen LogP contribution in [0, 0.1) is 0 Å². The van der Waals surface area contributed by atoms with Gasteiger partial charge in [-0.1, -0.05) is 12.1 Å². The topological polar surface area (TPSA) is 77.3 Å². The van der Waals surface area contributed by atoms with Gasteiger partial charge in [0, 0.05) is 25.2 Å². The van der Waals surface area contributed by atoms with Crippen LogP contribution in [0.2, 0.25) is 0 Å². The molecule has 1 saturated heterocycles. The van der Waals surface area contributed by atoms with Crippen molar-refractivity contribution in [2.45, 2.75) is 13.0 Å². The molecule has 30 heavy (non-hydrogen) atoms. The number of primary amides is 1. The minimum atomic E-state index is -0.485. The minimum Gasteiger partial charge on any atom is -0.493 e. The van der Waals surface area contributed by atoms with Crippen LogP contribution < -0.4 is 19.9 Å². The normalized spacial score (nSPS) is 15.4. The second kappa shape index (κ2) is 10.3. The lowest BCUT2D eigenvalue weighted by Crippen LogP contribution is -2.29. The zero-order valence-corrected chi connectivity index (χ0v) is 18.0. The molecule has 0 radical (unpaired) electrons. The number of hydrogen-bond acceptors (Lipinski definition) is 6. The van der Waals surface area contributed by atoms with Gasteiger partial charge in [0.1, 0.15) is 5.75 Å². The standard InChI is InChI=1S/C23H31N3O4/c1-25-9-4-10-26(12-11-25)15-19-13-17(5-7-20(19)30-16-23(24)27)18-6-8-21(28-2)22(14-18)29-3/h5-8,13-14H,4,9-12,15-16H2,1-3H3,(H2,24,27). The van der Waals surface area contributed by atoms with E-state index in [2.05, 4.69) is 22.9 Å². The fourth-order valence-electron chi connectivity index (χ4n) is 3.69. The van der Waals surface area contributed by atoms with Gasteiger partial charge in [-0.25, -0.2) is 0 Å². The van der Waals surface area contributed by atoms with Gasteiger partial charge in [0.25, 0.3) is 5.91 Å². The average Bonchev–Trinajstić information content (AvgIpc) is 2.96. The molecule has 2 N–H and O–H groups in total. The van der Waals surface area contributed by atoms with E-state index in [1.807, 2.05) is 30.3 Å². The maximum atomic E-state index is 11.2. The van der Waals surface area contributed by atoms with Crippen molar-refractivity contribution in [3.05, 3.63) is 42.0 Å². The second-order valence-corrected chi connectivity index (χ2v) is 7.58. The Hall–Kier alpha value is -2.77. The van der Waals surface area contributed by atoms with Crippen LogP contribution in [0.1, 0.15) is 12.0 Å². The molecule has 7 nitrogen and oxygen atoms in total. The summed E-state index contributed by atoms with van der Waals surface area (Å²) in [5.41, 5.74) is 8.39. The van der Waals surface area contributed by atoms with E-state index in [0.29, 0.717) is 17.2 Å². The Balaban J connectivity index is 1.90. The van der Waals surface area contributed by atoms with E-state index >= 15 is 0 Å². The van der Waals surface area contributed by atoms with E-state index in [0.717, 1.165) is 55.8 Å². The van der Waals surface area contributed by atoms with Gasteiger partial charge in [0.15, 0.2) is 18.1 Å². The Morgan fingerprint density at radius 1 is 0.933 bits per heavy atom. The third-order valence-electron chi connectivity index (χ3n) is 5.35. The zero-order chi connectivity index (χ0) is 21.5. The fraction of sp³-hybridized carbons (Fsp3) is 0.435. The van der Waals surface area contributed by atoms with Crippen LogP contribution in [0.4, 0.5) is 0 Å². The molecule has 2 aromatic rings. The molecule has 0 saturated carbocycles. The molecule has 1 aliphatic heterocycles. The summed E-state index contributed by atoms with van der Waals surface area (Å²) in [6.45, 7) is 4.78. The molecule has 7 heteroatoms. The third kappa shape index (κ3) is 5.64. The number of hydrogen-bond donors (Lipinski definition) is 1. The molecule has 0 aromatic heterocycles. The van der Waals surface area contributed by atoms with Gasteiger partial charge in [0.2, 0.25) is 0 Å². The van der Waals surface area contributed by atoms with Gasteiger partial charge < -0.3 is 24.8 Å². The molecule has 0 bridgehead atoms. The smallest absolute Gasteiger partial charge is 0.255 e. The number of methoxy groups -OCH3 is 2. The van der Waals surface area contributed by atoms with Crippen molar-refractivity contribution in [3.63, 3.8) is 0 Å². The predicted octanol–water partition coefficient (Wildman–Crippen LogP) is 2.37. The Bertz CT molecular complexity index is 872. The maximum Gasteiger partial charge on any atom is 0.255 e. The molecule has 0 unspecified atom stereocenters. The molecule has 1 amide bonds. The molecule has 1 fully saturated rings. The molecule has 0 aliphatic carbocycles. The summed E-state index contributed by atoms with van der Waals surface area (Å²) < 4.78 is 16.5. The fourth-order valence-corrected chi connectivity index (χ4v) is 3.69. The first-order valence-electron chi connectivity index (χ1n) is 10.2. The van der Waals surface area contributed by atoms with Crippen molar-refractivity contribution in [1.29, 1.82) is 0 Å². The first-order valence-corrected chi connectivity index (χ1v) is 10.2. The van der Waals surface area contributed by atoms with Crippen molar-refractivity contribution in [1.82, 2.24) is 9.80 Å². The first-order chi connectivity index (χ1) is 14.5. The van der Waals surface area contributed by atoms with E-state index in [1.54, 1.807) is 14.2 Å². The number of carbonyl (C=O) groups is 1. The third-order valence-corrected chi connectivity index (χ3v) is 5.35. The van der Waals surface area contributed by atoms with Crippen LogP contribution in [0.25, 0.3) is 11.1 Å². The summed E-state index contributed by atoms with van der Waals surface area (Å²) >= 11 is 0. The molecule has 0 spiro atoms. The lowest BCUT2D eigenvalue weighted by atomic mass is 10.0. The van der Waals surface area contributed by atoms with Gasteiger partial charge >= 0.3 is 0 Å². The molecule has 2 aromatic carbocycles. The Kier molecular flexibility index (Phi) is 7.54. The van der Waals surface area contributed by atoms with E-state index in [-0.39, 0.29) is 6.61 Å². The summed E-state index contributed by atoms with van der Waals surface area (Å²) in [7, 11) is 5.41. The van der Waals surface area contributed by atoms with Crippen LogP contribution in [-0.4, -0.2) is 69.8 Å². The highest BCUT2D eigenvalue weighted by Gasteiger charge is 2.16. The SMILES string of the molecule is COc1ccc(-c2ccc(OCC(N)=O)c(CN3CCCN(C)CC3)c2)cc1OC. The quantitative estimate of drug-likeness (QED) is 0.716. The number of likely N-dealkylation sites (N-methyl/N-ethyl adjacent to an activating group) is 1. The largest absolute Gasteiger partial charge is 0.493 e. The van der Waals surface area contributed by atoms with E-state index in [4.69, 9.17) is 19.9 Å². The minimum absolute atomic E-state index is 0.133. The molecule has 3 rings (SSSR count). The molecular weight excluding hydrogens is 382 g/mol. The second-order valence-electron chi connectivity index (χ2n) is 7.58. The highest BCUT2D eigenvalue weighted by molar-refractivity contribution is 5.75. The molecule has 1 aliphatic rings. The van der Waals surface area contributed by atoms with E-state index in [9.17, 15) is 4.79 Å². The lowest BCUT2D eigenvalue weighted by Gasteiger charge is -2.22. The predicted molar refractivity (Wildman–Crippen MR) is 117 cm³/mol. The van der Waals surface area contributed by atoms with E-state index in [1.165, 1.54) is 0 Å². The molecule has 162 valence electrons. The number of rotatable bonds is 8. The summed E-state index contributed by atoms with van der Waals surface area (Å²) in [5.74, 6) is 1.58. The van der Waals surface area contributed by atoms with Gasteiger partial charge in [-0.05, 0) is 62.0 Å². The van der Waals surface area contributed by atoms with Crippen molar-refractivity contribution < 1.29 is 19.0 Å². The number of nitrogens with two attached hydrogens (primary N) is 1. The van der Waals surface area contributed by atoms with Gasteiger partial charge in [-0.15, -0.1) is 0 Å². The lowest BCUT2D eigenvalue weighted by molar-refractivity contribution is -0.119. The van der Waals surface area contributed by atoms with Crippen molar-refractivity contribution in [2.75, 3.05) is 54.1 Å². The van der Waals surface area contributed by atoms with Gasteiger partial charge in [-0.2, -0.15) is 0 Å². The number of nitrogens with zero attached hydrogens (tertiary/aromatic N) is 2. The van der Waals surface area contributed by atoms with Crippen LogP contribution >= 0.6 is 0 Å².